The third-order valence-electron chi connectivity index (χ3n) is 4.90. The van der Waals surface area contributed by atoms with Gasteiger partial charge in [-0.15, -0.1) is 0 Å². The number of hydrogen-bond acceptors (Lipinski definition) is 4. The fraction of sp³-hybridized carbons (Fsp3) is 0.217. The van der Waals surface area contributed by atoms with Gasteiger partial charge in [-0.1, -0.05) is 30.3 Å². The largest absolute Gasteiger partial charge is 0.492 e. The van der Waals surface area contributed by atoms with Gasteiger partial charge in [0.15, 0.2) is 0 Å². The number of ether oxygens (including phenoxy) is 1. The summed E-state index contributed by atoms with van der Waals surface area (Å²) in [4.78, 5) is 19.6. The number of anilines is 3. The molecule has 5 heteroatoms. The van der Waals surface area contributed by atoms with Gasteiger partial charge in [0.2, 0.25) is 0 Å². The topological polar surface area (TPSA) is 54.5 Å². The minimum atomic E-state index is -0.184. The van der Waals surface area contributed by atoms with E-state index in [2.05, 4.69) is 40.3 Å². The Balaban J connectivity index is 1.60. The second-order valence-electron chi connectivity index (χ2n) is 6.84. The van der Waals surface area contributed by atoms with Crippen LogP contribution < -0.4 is 15.0 Å². The molecule has 28 heavy (non-hydrogen) atoms. The van der Waals surface area contributed by atoms with Gasteiger partial charge in [-0.2, -0.15) is 0 Å². The summed E-state index contributed by atoms with van der Waals surface area (Å²) in [5.41, 5.74) is 3.68. The summed E-state index contributed by atoms with van der Waals surface area (Å²) in [7, 11) is 0. The highest BCUT2D eigenvalue weighted by molar-refractivity contribution is 6.05. The van der Waals surface area contributed by atoms with E-state index in [0.29, 0.717) is 29.6 Å². The second-order valence-corrected chi connectivity index (χ2v) is 6.84. The number of rotatable bonds is 5. The van der Waals surface area contributed by atoms with Crippen molar-refractivity contribution in [3.8, 4) is 5.75 Å². The Kier molecular flexibility index (Phi) is 4.98. The summed E-state index contributed by atoms with van der Waals surface area (Å²) in [5, 5.41) is 2.95. The molecule has 1 amide bonds. The quantitative estimate of drug-likeness (QED) is 0.697. The van der Waals surface area contributed by atoms with E-state index < -0.39 is 0 Å². The number of pyridine rings is 1. The molecule has 3 aromatic rings. The molecule has 2 aromatic carbocycles. The summed E-state index contributed by atoms with van der Waals surface area (Å²) in [6, 6.07) is 19.7. The maximum atomic E-state index is 12.9. The second kappa shape index (κ2) is 7.72. The van der Waals surface area contributed by atoms with Crippen molar-refractivity contribution in [3.63, 3.8) is 0 Å². The van der Waals surface area contributed by atoms with Gasteiger partial charge in [-0.25, -0.2) is 4.98 Å². The molecule has 2 heterocycles. The van der Waals surface area contributed by atoms with Crippen LogP contribution in [0.3, 0.4) is 0 Å². The number of fused-ring (bicyclic) bond motifs is 1. The zero-order valence-electron chi connectivity index (χ0n) is 16.1. The number of nitrogens with zero attached hydrogens (tertiary/aromatic N) is 2. The van der Waals surface area contributed by atoms with Gasteiger partial charge in [0.05, 0.1) is 12.3 Å². The number of aromatic nitrogens is 1. The molecule has 0 saturated heterocycles. The number of para-hydroxylation sites is 3. The maximum Gasteiger partial charge on any atom is 0.255 e. The van der Waals surface area contributed by atoms with Crippen LogP contribution in [-0.4, -0.2) is 23.5 Å². The first-order valence-electron chi connectivity index (χ1n) is 9.53. The summed E-state index contributed by atoms with van der Waals surface area (Å²) >= 11 is 0. The summed E-state index contributed by atoms with van der Waals surface area (Å²) in [5.74, 6) is 1.26. The Morgan fingerprint density at radius 2 is 1.96 bits per heavy atom. The maximum absolute atomic E-state index is 12.9. The van der Waals surface area contributed by atoms with Crippen LogP contribution in [-0.2, 0) is 6.42 Å². The van der Waals surface area contributed by atoms with Crippen LogP contribution in [0.2, 0.25) is 0 Å². The predicted molar refractivity (Wildman–Crippen MR) is 112 cm³/mol. The normalized spacial score (nSPS) is 15.2. The molecule has 1 aromatic heterocycles. The number of nitrogens with one attached hydrogen (secondary N) is 1. The van der Waals surface area contributed by atoms with Crippen molar-refractivity contribution in [2.75, 3.05) is 16.8 Å². The van der Waals surface area contributed by atoms with Crippen LogP contribution in [0.5, 0.6) is 5.75 Å². The highest BCUT2D eigenvalue weighted by atomic mass is 16.5. The van der Waals surface area contributed by atoms with Crippen LogP contribution in [0.1, 0.15) is 29.8 Å². The number of hydrogen-bond donors (Lipinski definition) is 1. The van der Waals surface area contributed by atoms with E-state index in [9.17, 15) is 4.79 Å². The highest BCUT2D eigenvalue weighted by Gasteiger charge is 2.28. The van der Waals surface area contributed by atoms with E-state index in [1.807, 2.05) is 43.3 Å². The third kappa shape index (κ3) is 3.43. The molecule has 5 nitrogen and oxygen atoms in total. The van der Waals surface area contributed by atoms with Gasteiger partial charge < -0.3 is 15.0 Å². The van der Waals surface area contributed by atoms with Crippen molar-refractivity contribution in [3.05, 3.63) is 78.0 Å². The van der Waals surface area contributed by atoms with E-state index >= 15 is 0 Å². The summed E-state index contributed by atoms with van der Waals surface area (Å²) in [6.45, 7) is 4.63. The Bertz CT molecular complexity index is 1000. The molecule has 1 aliphatic heterocycles. The molecule has 0 bridgehead atoms. The van der Waals surface area contributed by atoms with Crippen LogP contribution in [0.4, 0.5) is 17.2 Å². The summed E-state index contributed by atoms with van der Waals surface area (Å²) in [6.07, 6.45) is 2.66. The average molecular weight is 373 g/mol. The Morgan fingerprint density at radius 3 is 2.82 bits per heavy atom. The number of amides is 1. The summed E-state index contributed by atoms with van der Waals surface area (Å²) < 4.78 is 5.60. The monoisotopic (exact) mass is 373 g/mol. The van der Waals surface area contributed by atoms with Crippen molar-refractivity contribution in [2.45, 2.75) is 26.3 Å². The van der Waals surface area contributed by atoms with Crippen LogP contribution in [0, 0.1) is 0 Å². The molecular formula is C23H23N3O2. The first-order valence-corrected chi connectivity index (χ1v) is 9.53. The lowest BCUT2D eigenvalue weighted by molar-refractivity contribution is 0.102. The molecule has 1 aliphatic rings. The first kappa shape index (κ1) is 18.0. The minimum Gasteiger partial charge on any atom is -0.492 e. The molecule has 142 valence electrons. The molecule has 0 saturated carbocycles. The van der Waals surface area contributed by atoms with E-state index in [-0.39, 0.29) is 5.91 Å². The standard InChI is InChI=1S/C23H23N3O2/c1-3-28-21-11-7-5-9-19(21)25-23(27)18-12-13-24-22(15-18)26-16(2)14-17-8-4-6-10-20(17)26/h4-13,15-16H,3,14H2,1-2H3,(H,25,27). The molecule has 0 fully saturated rings. The van der Waals surface area contributed by atoms with Crippen molar-refractivity contribution in [1.29, 1.82) is 0 Å². The van der Waals surface area contributed by atoms with Crippen molar-refractivity contribution in [2.24, 2.45) is 0 Å². The molecule has 4 rings (SSSR count). The lowest BCUT2D eigenvalue weighted by atomic mass is 10.1. The SMILES string of the molecule is CCOc1ccccc1NC(=O)c1ccnc(N2c3ccccc3CC2C)c1. The van der Waals surface area contributed by atoms with E-state index in [4.69, 9.17) is 4.74 Å². The fourth-order valence-electron chi connectivity index (χ4n) is 3.65. The number of benzene rings is 2. The Morgan fingerprint density at radius 1 is 1.18 bits per heavy atom. The lowest BCUT2D eigenvalue weighted by Gasteiger charge is -2.24. The van der Waals surface area contributed by atoms with Crippen LogP contribution in [0.25, 0.3) is 0 Å². The van der Waals surface area contributed by atoms with Gasteiger partial charge in [0.1, 0.15) is 11.6 Å². The molecule has 0 aliphatic carbocycles. The molecule has 1 atom stereocenters. The lowest BCUT2D eigenvalue weighted by Crippen LogP contribution is -2.25. The van der Waals surface area contributed by atoms with Gasteiger partial charge in [-0.3, -0.25) is 4.79 Å². The average Bonchev–Trinajstić information content (AvgIpc) is 3.05. The van der Waals surface area contributed by atoms with Gasteiger partial charge in [0, 0.05) is 23.5 Å². The first-order chi connectivity index (χ1) is 13.7. The molecule has 0 spiro atoms. The fourth-order valence-corrected chi connectivity index (χ4v) is 3.65. The minimum absolute atomic E-state index is 0.184. The van der Waals surface area contributed by atoms with E-state index in [0.717, 1.165) is 17.9 Å². The van der Waals surface area contributed by atoms with Crippen molar-refractivity contribution < 1.29 is 9.53 Å². The molecule has 1 N–H and O–H groups in total. The Labute approximate surface area is 165 Å². The molecular weight excluding hydrogens is 350 g/mol. The third-order valence-corrected chi connectivity index (χ3v) is 4.90. The van der Waals surface area contributed by atoms with Gasteiger partial charge in [-0.05, 0) is 56.2 Å². The van der Waals surface area contributed by atoms with Crippen LogP contribution in [0.15, 0.2) is 66.9 Å². The van der Waals surface area contributed by atoms with Crippen molar-refractivity contribution >= 4 is 23.1 Å². The smallest absolute Gasteiger partial charge is 0.255 e. The molecule has 1 unspecified atom stereocenters. The van der Waals surface area contributed by atoms with E-state index in [1.54, 1.807) is 12.3 Å². The molecule has 0 radical (unpaired) electrons. The zero-order valence-corrected chi connectivity index (χ0v) is 16.1. The highest BCUT2D eigenvalue weighted by Crippen LogP contribution is 2.37. The number of carbonyl (C=O) groups is 1. The Hall–Kier alpha value is -3.34. The van der Waals surface area contributed by atoms with Crippen LogP contribution >= 0.6 is 0 Å². The van der Waals surface area contributed by atoms with Crippen molar-refractivity contribution in [1.82, 2.24) is 4.98 Å². The van der Waals surface area contributed by atoms with Gasteiger partial charge >= 0.3 is 0 Å². The number of carbonyl (C=O) groups excluding carboxylic acids is 1. The zero-order chi connectivity index (χ0) is 19.5. The predicted octanol–water partition coefficient (Wildman–Crippen LogP) is 4.82. The van der Waals surface area contributed by atoms with Gasteiger partial charge in [0.25, 0.3) is 5.91 Å². The van der Waals surface area contributed by atoms with E-state index in [1.165, 1.54) is 5.56 Å².